The second-order valence-corrected chi connectivity index (χ2v) is 6.91. The maximum Gasteiger partial charge on any atom is 0.374 e. The van der Waals surface area contributed by atoms with Crippen molar-refractivity contribution in [2.24, 2.45) is 5.73 Å². The van der Waals surface area contributed by atoms with E-state index in [2.05, 4.69) is 4.98 Å². The topological polar surface area (TPSA) is 105 Å². The van der Waals surface area contributed by atoms with Gasteiger partial charge in [0.1, 0.15) is 12.4 Å². The number of rotatable bonds is 6. The number of carbonyl (C=O) groups excluding carboxylic acids is 2. The molecule has 3 heterocycles. The molecular formula is C20H14N2O5S. The van der Waals surface area contributed by atoms with Gasteiger partial charge in [0.05, 0.1) is 22.0 Å². The highest BCUT2D eigenvalue weighted by Crippen LogP contribution is 2.34. The van der Waals surface area contributed by atoms with Crippen molar-refractivity contribution < 1.29 is 23.5 Å². The number of hydrogen-bond acceptors (Lipinski definition) is 7. The Balaban J connectivity index is 1.45. The van der Waals surface area contributed by atoms with Crippen LogP contribution in [0.25, 0.3) is 10.1 Å². The molecule has 0 aliphatic heterocycles. The molecule has 0 unspecified atom stereocenters. The highest BCUT2D eigenvalue weighted by Gasteiger charge is 2.12. The summed E-state index contributed by atoms with van der Waals surface area (Å²) in [6, 6.07) is 12.0. The molecule has 0 fully saturated rings. The molecule has 1 amide bonds. The quantitative estimate of drug-likeness (QED) is 0.493. The fourth-order valence-electron chi connectivity index (χ4n) is 2.53. The Morgan fingerprint density at radius 1 is 1.14 bits per heavy atom. The molecule has 0 aliphatic rings. The number of fused-ring (bicyclic) bond motifs is 1. The summed E-state index contributed by atoms with van der Waals surface area (Å²) >= 11 is 1.27. The fourth-order valence-corrected chi connectivity index (χ4v) is 3.43. The summed E-state index contributed by atoms with van der Waals surface area (Å²) in [5.74, 6) is 0.263. The van der Waals surface area contributed by atoms with Crippen LogP contribution >= 0.6 is 11.3 Å². The van der Waals surface area contributed by atoms with Crippen molar-refractivity contribution in [1.82, 2.24) is 4.98 Å². The summed E-state index contributed by atoms with van der Waals surface area (Å²) < 4.78 is 16.9. The lowest BCUT2D eigenvalue weighted by Crippen LogP contribution is -2.08. The van der Waals surface area contributed by atoms with Gasteiger partial charge in [0.15, 0.2) is 5.75 Å². The molecule has 7 nitrogen and oxygen atoms in total. The van der Waals surface area contributed by atoms with Gasteiger partial charge in [0, 0.05) is 11.6 Å². The van der Waals surface area contributed by atoms with Crippen molar-refractivity contribution in [3.8, 4) is 11.5 Å². The van der Waals surface area contributed by atoms with E-state index < -0.39 is 11.9 Å². The first-order valence-corrected chi connectivity index (χ1v) is 9.06. The molecule has 140 valence electrons. The number of aromatic nitrogens is 1. The third kappa shape index (κ3) is 3.72. The Bertz CT molecular complexity index is 1130. The maximum absolute atomic E-state index is 11.8. The monoisotopic (exact) mass is 394 g/mol. The molecule has 0 saturated carbocycles. The average molecular weight is 394 g/mol. The minimum atomic E-state index is -0.522. The van der Waals surface area contributed by atoms with Crippen LogP contribution in [0.5, 0.6) is 11.5 Å². The lowest BCUT2D eigenvalue weighted by Gasteiger charge is -2.08. The van der Waals surface area contributed by atoms with Gasteiger partial charge >= 0.3 is 5.97 Å². The molecule has 3 aromatic heterocycles. The van der Waals surface area contributed by atoms with Crippen LogP contribution in [0.2, 0.25) is 0 Å². The van der Waals surface area contributed by atoms with Crippen molar-refractivity contribution in [2.45, 2.75) is 6.61 Å². The predicted octanol–water partition coefficient (Wildman–Crippen LogP) is 4.14. The SMILES string of the molecule is NC(=O)c1cc2c(Oc3ccc(COC(=O)c4ccco4)cc3)cncc2s1. The van der Waals surface area contributed by atoms with Gasteiger partial charge in [-0.1, -0.05) is 12.1 Å². The normalized spacial score (nSPS) is 10.7. The summed E-state index contributed by atoms with van der Waals surface area (Å²) in [5, 5.41) is 0.769. The summed E-state index contributed by atoms with van der Waals surface area (Å²) in [7, 11) is 0. The second kappa shape index (κ2) is 7.53. The van der Waals surface area contributed by atoms with Gasteiger partial charge in [-0.15, -0.1) is 11.3 Å². The number of pyridine rings is 1. The van der Waals surface area contributed by atoms with E-state index in [0.29, 0.717) is 16.4 Å². The number of esters is 1. The Labute approximate surface area is 163 Å². The largest absolute Gasteiger partial charge is 0.457 e. The zero-order valence-electron chi connectivity index (χ0n) is 14.5. The van der Waals surface area contributed by atoms with E-state index in [1.54, 1.807) is 54.9 Å². The van der Waals surface area contributed by atoms with E-state index in [9.17, 15) is 9.59 Å². The van der Waals surface area contributed by atoms with Crippen LogP contribution in [0.1, 0.15) is 25.8 Å². The standard InChI is InChI=1S/C20H14N2O5S/c21-19(23)17-8-14-16(9-22-10-18(14)28-17)27-13-5-3-12(4-6-13)11-26-20(24)15-2-1-7-25-15/h1-10H,11H2,(H2,21,23). The van der Waals surface area contributed by atoms with Crippen molar-refractivity contribution in [2.75, 3.05) is 0 Å². The molecule has 0 bridgehead atoms. The first-order valence-electron chi connectivity index (χ1n) is 8.25. The summed E-state index contributed by atoms with van der Waals surface area (Å²) in [4.78, 5) is 27.8. The van der Waals surface area contributed by atoms with E-state index in [0.717, 1.165) is 15.6 Å². The highest BCUT2D eigenvalue weighted by atomic mass is 32.1. The number of thiophene rings is 1. The number of amides is 1. The second-order valence-electron chi connectivity index (χ2n) is 5.82. The third-order valence-corrected chi connectivity index (χ3v) is 4.98. The molecule has 0 atom stereocenters. The zero-order chi connectivity index (χ0) is 19.5. The van der Waals surface area contributed by atoms with Crippen molar-refractivity contribution >= 4 is 33.3 Å². The van der Waals surface area contributed by atoms with Crippen molar-refractivity contribution in [1.29, 1.82) is 0 Å². The molecule has 0 spiro atoms. The van der Waals surface area contributed by atoms with Crippen LogP contribution in [0, 0.1) is 0 Å². The summed E-state index contributed by atoms with van der Waals surface area (Å²) in [6.45, 7) is 0.115. The average Bonchev–Trinajstić information content (AvgIpc) is 3.37. The van der Waals surface area contributed by atoms with Crippen molar-refractivity contribution in [3.63, 3.8) is 0 Å². The number of nitrogens with two attached hydrogens (primary N) is 1. The zero-order valence-corrected chi connectivity index (χ0v) is 15.3. The van der Waals surface area contributed by atoms with E-state index in [4.69, 9.17) is 19.6 Å². The lowest BCUT2D eigenvalue weighted by molar-refractivity contribution is 0.0436. The summed E-state index contributed by atoms with van der Waals surface area (Å²) in [6.07, 6.45) is 4.66. The maximum atomic E-state index is 11.8. The number of primary amides is 1. The smallest absolute Gasteiger partial charge is 0.374 e. The van der Waals surface area contributed by atoms with Gasteiger partial charge in [0.25, 0.3) is 5.91 Å². The molecule has 0 saturated heterocycles. The van der Waals surface area contributed by atoms with Crippen LogP contribution in [-0.2, 0) is 11.3 Å². The Hall–Kier alpha value is -3.65. The lowest BCUT2D eigenvalue weighted by atomic mass is 10.2. The van der Waals surface area contributed by atoms with Crippen LogP contribution in [-0.4, -0.2) is 16.9 Å². The van der Waals surface area contributed by atoms with Gasteiger partial charge in [0.2, 0.25) is 5.76 Å². The van der Waals surface area contributed by atoms with Crippen molar-refractivity contribution in [3.05, 3.63) is 77.3 Å². The van der Waals surface area contributed by atoms with Gasteiger partial charge in [-0.25, -0.2) is 4.79 Å². The molecule has 28 heavy (non-hydrogen) atoms. The van der Waals surface area contributed by atoms with Crippen LogP contribution in [0.3, 0.4) is 0 Å². The minimum Gasteiger partial charge on any atom is -0.457 e. The molecule has 0 radical (unpaired) electrons. The fraction of sp³-hybridized carbons (Fsp3) is 0.0500. The number of benzene rings is 1. The van der Waals surface area contributed by atoms with E-state index in [1.807, 2.05) is 0 Å². The van der Waals surface area contributed by atoms with E-state index >= 15 is 0 Å². The molecule has 2 N–H and O–H groups in total. The van der Waals surface area contributed by atoms with Gasteiger partial charge in [-0.2, -0.15) is 0 Å². The Kier molecular flexibility index (Phi) is 4.77. The molecule has 4 rings (SSSR count). The number of ether oxygens (including phenoxy) is 2. The van der Waals surface area contributed by atoms with Gasteiger partial charge in [-0.3, -0.25) is 9.78 Å². The first kappa shape index (κ1) is 17.7. The first-order chi connectivity index (χ1) is 13.6. The van der Waals surface area contributed by atoms with Crippen LogP contribution in [0.4, 0.5) is 0 Å². The number of nitrogens with zero attached hydrogens (tertiary/aromatic N) is 1. The number of furan rings is 1. The van der Waals surface area contributed by atoms with Gasteiger partial charge in [-0.05, 0) is 35.9 Å². The number of carbonyl (C=O) groups is 2. The molecular weight excluding hydrogens is 380 g/mol. The molecule has 8 heteroatoms. The Morgan fingerprint density at radius 3 is 2.68 bits per heavy atom. The minimum absolute atomic E-state index is 0.115. The van der Waals surface area contributed by atoms with Crippen LogP contribution in [0.15, 0.2) is 65.5 Å². The third-order valence-electron chi connectivity index (χ3n) is 3.90. The molecule has 1 aromatic carbocycles. The highest BCUT2D eigenvalue weighted by molar-refractivity contribution is 7.20. The van der Waals surface area contributed by atoms with Gasteiger partial charge < -0.3 is 19.6 Å². The molecule has 0 aliphatic carbocycles. The molecule has 4 aromatic rings. The summed E-state index contributed by atoms with van der Waals surface area (Å²) in [5.41, 5.74) is 6.15. The van der Waals surface area contributed by atoms with E-state index in [-0.39, 0.29) is 12.4 Å². The Morgan fingerprint density at radius 2 is 1.96 bits per heavy atom. The number of hydrogen-bond donors (Lipinski definition) is 1. The van der Waals surface area contributed by atoms with E-state index in [1.165, 1.54) is 17.6 Å². The van der Waals surface area contributed by atoms with Crippen LogP contribution < -0.4 is 10.5 Å². The predicted molar refractivity (Wildman–Crippen MR) is 102 cm³/mol.